The summed E-state index contributed by atoms with van der Waals surface area (Å²) in [6.07, 6.45) is 2.99. The molecule has 1 fully saturated rings. The number of carbonyl (C=O) groups is 3. The lowest BCUT2D eigenvalue weighted by molar-refractivity contribution is 0.0526. The van der Waals surface area contributed by atoms with E-state index in [4.69, 9.17) is 4.74 Å². The van der Waals surface area contributed by atoms with Crippen LogP contribution < -0.4 is 4.90 Å². The van der Waals surface area contributed by atoms with E-state index in [0.717, 1.165) is 11.0 Å². The van der Waals surface area contributed by atoms with E-state index in [0.29, 0.717) is 49.4 Å². The molecule has 0 aliphatic carbocycles. The molecule has 0 N–H and O–H groups in total. The van der Waals surface area contributed by atoms with Crippen molar-refractivity contribution in [3.63, 3.8) is 0 Å². The third-order valence-corrected chi connectivity index (χ3v) is 6.20. The van der Waals surface area contributed by atoms with Gasteiger partial charge in [-0.3, -0.25) is 9.69 Å². The number of esters is 1. The highest BCUT2D eigenvalue weighted by molar-refractivity contribution is 6.00. The molecule has 8 heteroatoms. The van der Waals surface area contributed by atoms with Crippen LogP contribution in [0.15, 0.2) is 48.8 Å². The van der Waals surface area contributed by atoms with Crippen LogP contribution >= 0.6 is 0 Å². The van der Waals surface area contributed by atoms with E-state index in [1.54, 1.807) is 54.4 Å². The Hall–Kier alpha value is -3.68. The summed E-state index contributed by atoms with van der Waals surface area (Å²) in [7, 11) is 3.64. The Morgan fingerprint density at radius 2 is 1.73 bits per heavy atom. The molecule has 1 aliphatic rings. The van der Waals surface area contributed by atoms with Gasteiger partial charge in [0.25, 0.3) is 0 Å². The van der Waals surface area contributed by atoms with Crippen molar-refractivity contribution in [3.8, 4) is 0 Å². The van der Waals surface area contributed by atoms with Gasteiger partial charge in [-0.15, -0.1) is 0 Å². The third-order valence-electron chi connectivity index (χ3n) is 6.20. The second kappa shape index (κ2) is 9.44. The average molecular weight is 449 g/mol. The molecule has 0 spiro atoms. The van der Waals surface area contributed by atoms with Gasteiger partial charge in [0.05, 0.1) is 29.5 Å². The van der Waals surface area contributed by atoms with E-state index in [1.807, 2.05) is 29.8 Å². The Morgan fingerprint density at radius 3 is 2.39 bits per heavy atom. The third kappa shape index (κ3) is 4.60. The quantitative estimate of drug-likeness (QED) is 0.437. The lowest BCUT2D eigenvalue weighted by Crippen LogP contribution is -2.46. The minimum Gasteiger partial charge on any atom is -0.462 e. The molecule has 0 unspecified atom stereocenters. The molecule has 3 aromatic rings. The Balaban J connectivity index is 1.36. The number of imidazole rings is 1. The fourth-order valence-corrected chi connectivity index (χ4v) is 4.22. The fourth-order valence-electron chi connectivity index (χ4n) is 4.22. The number of ketones is 1. The van der Waals surface area contributed by atoms with Gasteiger partial charge in [0, 0.05) is 44.4 Å². The van der Waals surface area contributed by atoms with Gasteiger partial charge in [0.15, 0.2) is 5.78 Å². The van der Waals surface area contributed by atoms with E-state index in [2.05, 4.69) is 4.98 Å². The minimum atomic E-state index is -0.382. The van der Waals surface area contributed by atoms with Gasteiger partial charge in [-0.25, -0.2) is 14.6 Å². The summed E-state index contributed by atoms with van der Waals surface area (Å²) in [6, 6.07) is 12.3. The number of Topliss-reactive ketones (excluding diaryl/α,β-unsaturated/α-hetero) is 1. The Labute approximate surface area is 192 Å². The summed E-state index contributed by atoms with van der Waals surface area (Å²) in [4.78, 5) is 45.5. The van der Waals surface area contributed by atoms with E-state index in [1.165, 1.54) is 0 Å². The number of carbonyl (C=O) groups excluding carboxylic acids is 3. The molecule has 0 atom stereocenters. The van der Waals surface area contributed by atoms with Crippen molar-refractivity contribution in [1.82, 2.24) is 14.5 Å². The van der Waals surface area contributed by atoms with Crippen LogP contribution in [-0.2, 0) is 11.8 Å². The number of rotatable bonds is 5. The molecule has 8 nitrogen and oxygen atoms in total. The number of ether oxygens (including phenoxy) is 1. The molecule has 1 saturated heterocycles. The van der Waals surface area contributed by atoms with Gasteiger partial charge in [0.2, 0.25) is 0 Å². The van der Waals surface area contributed by atoms with Crippen molar-refractivity contribution in [3.05, 3.63) is 59.9 Å². The van der Waals surface area contributed by atoms with Crippen LogP contribution in [0.2, 0.25) is 0 Å². The molecular formula is C25H28N4O4. The highest BCUT2D eigenvalue weighted by Crippen LogP contribution is 2.25. The predicted molar refractivity (Wildman–Crippen MR) is 126 cm³/mol. The first-order valence-electron chi connectivity index (χ1n) is 11.1. The molecular weight excluding hydrogens is 420 g/mol. The summed E-state index contributed by atoms with van der Waals surface area (Å²) in [5, 5.41) is 0. The second-order valence-electron chi connectivity index (χ2n) is 8.29. The number of benzene rings is 2. The normalized spacial score (nSPS) is 14.3. The topological polar surface area (TPSA) is 84.7 Å². The van der Waals surface area contributed by atoms with Crippen molar-refractivity contribution in [1.29, 1.82) is 0 Å². The van der Waals surface area contributed by atoms with Crippen LogP contribution in [0.3, 0.4) is 0 Å². The largest absolute Gasteiger partial charge is 0.462 e. The van der Waals surface area contributed by atoms with Crippen LogP contribution in [0.5, 0.6) is 0 Å². The summed E-state index contributed by atoms with van der Waals surface area (Å²) in [6.45, 7) is 3.11. The van der Waals surface area contributed by atoms with Gasteiger partial charge >= 0.3 is 12.0 Å². The molecule has 0 bridgehead atoms. The number of urea groups is 1. The number of aromatic nitrogens is 2. The highest BCUT2D eigenvalue weighted by atomic mass is 16.5. The van der Waals surface area contributed by atoms with Crippen molar-refractivity contribution in [2.45, 2.75) is 19.8 Å². The molecule has 4 rings (SSSR count). The lowest BCUT2D eigenvalue weighted by atomic mass is 9.89. The number of hydrogen-bond acceptors (Lipinski definition) is 5. The van der Waals surface area contributed by atoms with Crippen LogP contribution in [0.25, 0.3) is 11.0 Å². The molecule has 0 radical (unpaired) electrons. The van der Waals surface area contributed by atoms with E-state index < -0.39 is 0 Å². The number of likely N-dealkylation sites (tertiary alicyclic amines) is 1. The van der Waals surface area contributed by atoms with Crippen molar-refractivity contribution in [2.75, 3.05) is 31.6 Å². The Morgan fingerprint density at radius 1 is 1.06 bits per heavy atom. The number of anilines is 1. The van der Waals surface area contributed by atoms with Crippen molar-refractivity contribution >= 4 is 34.5 Å². The van der Waals surface area contributed by atoms with Crippen LogP contribution in [-0.4, -0.2) is 59.0 Å². The maximum atomic E-state index is 13.0. The van der Waals surface area contributed by atoms with Gasteiger partial charge in [-0.05, 0) is 62.2 Å². The molecule has 33 heavy (non-hydrogen) atoms. The Bertz CT molecular complexity index is 1180. The maximum absolute atomic E-state index is 13.0. The van der Waals surface area contributed by atoms with Crippen molar-refractivity contribution in [2.24, 2.45) is 13.0 Å². The SMILES string of the molecule is CCOC(=O)c1ccc(N(C)C(=O)N2CCC(C(=O)c3ccc4c(c3)ncn4C)CC2)cc1. The number of fused-ring (bicyclic) bond motifs is 1. The second-order valence-corrected chi connectivity index (χ2v) is 8.29. The number of amides is 2. The molecule has 0 saturated carbocycles. The highest BCUT2D eigenvalue weighted by Gasteiger charge is 2.29. The molecule has 1 aromatic heterocycles. The first-order chi connectivity index (χ1) is 15.9. The zero-order valence-corrected chi connectivity index (χ0v) is 19.2. The summed E-state index contributed by atoms with van der Waals surface area (Å²) >= 11 is 0. The van der Waals surface area contributed by atoms with Gasteiger partial charge in [-0.2, -0.15) is 0 Å². The lowest BCUT2D eigenvalue weighted by Gasteiger charge is -2.34. The number of aryl methyl sites for hydroxylation is 1. The van der Waals surface area contributed by atoms with E-state index in [-0.39, 0.29) is 23.7 Å². The van der Waals surface area contributed by atoms with Crippen LogP contribution in [0, 0.1) is 5.92 Å². The van der Waals surface area contributed by atoms with Gasteiger partial charge in [0.1, 0.15) is 0 Å². The summed E-state index contributed by atoms with van der Waals surface area (Å²) < 4.78 is 6.92. The van der Waals surface area contributed by atoms with Crippen molar-refractivity contribution < 1.29 is 19.1 Å². The summed E-state index contributed by atoms with van der Waals surface area (Å²) in [5.41, 5.74) is 3.61. The molecule has 172 valence electrons. The smallest absolute Gasteiger partial charge is 0.338 e. The number of hydrogen-bond donors (Lipinski definition) is 0. The average Bonchev–Trinajstić information content (AvgIpc) is 3.23. The van der Waals surface area contributed by atoms with Gasteiger partial charge < -0.3 is 14.2 Å². The first kappa shape index (κ1) is 22.5. The monoisotopic (exact) mass is 448 g/mol. The standard InChI is InChI=1S/C25H28N4O4/c1-4-33-24(31)18-5-8-20(9-6-18)28(3)25(32)29-13-11-17(12-14-29)23(30)19-7-10-22-21(15-19)26-16-27(22)2/h5-10,15-17H,4,11-14H2,1-3H3. The zero-order chi connectivity index (χ0) is 23.5. The predicted octanol–water partition coefficient (Wildman–Crippen LogP) is 3.90. The zero-order valence-electron chi connectivity index (χ0n) is 19.2. The number of piperidine rings is 1. The minimum absolute atomic E-state index is 0.107. The molecule has 2 aromatic carbocycles. The van der Waals surface area contributed by atoms with Crippen LogP contribution in [0.4, 0.5) is 10.5 Å². The maximum Gasteiger partial charge on any atom is 0.338 e. The number of nitrogens with zero attached hydrogens (tertiary/aromatic N) is 4. The van der Waals surface area contributed by atoms with E-state index >= 15 is 0 Å². The molecule has 1 aliphatic heterocycles. The molecule has 2 amide bonds. The van der Waals surface area contributed by atoms with Gasteiger partial charge in [-0.1, -0.05) is 0 Å². The Kier molecular flexibility index (Phi) is 6.44. The van der Waals surface area contributed by atoms with E-state index in [9.17, 15) is 14.4 Å². The van der Waals surface area contributed by atoms with Crippen LogP contribution in [0.1, 0.15) is 40.5 Å². The summed E-state index contributed by atoms with van der Waals surface area (Å²) in [5.74, 6) is -0.381. The fraction of sp³-hybridized carbons (Fsp3) is 0.360. The molecule has 2 heterocycles. The first-order valence-corrected chi connectivity index (χ1v) is 11.1.